The Hall–Kier alpha value is -2.31. The molecular formula is C29H41ClF2N4. The first-order valence-corrected chi connectivity index (χ1v) is 13.1. The van der Waals surface area contributed by atoms with E-state index in [1.165, 1.54) is 18.3 Å². The maximum atomic E-state index is 14.8. The summed E-state index contributed by atoms with van der Waals surface area (Å²) in [7, 11) is 1.95. The standard InChI is InChI=1S/C29H41ClF2N4/c1-21(2)25-19-36(20-25)22(3)14-27-28(31)15-24(16-29(27)32)9-7-6-8-23(10-12-33-4)11-13-35-18-26(30)17-34-5/h15-18,23,25,33H,1,3,5-14,19-20H2,2,4H3/b26-17+,35-18?. The van der Waals surface area contributed by atoms with Crippen molar-refractivity contribution in [3.63, 3.8) is 0 Å². The van der Waals surface area contributed by atoms with Crippen LogP contribution < -0.4 is 5.32 Å². The van der Waals surface area contributed by atoms with Gasteiger partial charge < -0.3 is 10.2 Å². The number of halogens is 3. The fourth-order valence-corrected chi connectivity index (χ4v) is 4.54. The predicted molar refractivity (Wildman–Crippen MR) is 150 cm³/mol. The molecule has 1 saturated heterocycles. The van der Waals surface area contributed by atoms with Crippen molar-refractivity contribution >= 4 is 24.5 Å². The Morgan fingerprint density at radius 2 is 1.89 bits per heavy atom. The van der Waals surface area contributed by atoms with Crippen LogP contribution in [0.15, 0.2) is 57.8 Å². The summed E-state index contributed by atoms with van der Waals surface area (Å²) in [6, 6.07) is 2.97. The molecule has 1 aromatic rings. The molecule has 198 valence electrons. The first-order valence-electron chi connectivity index (χ1n) is 12.8. The topological polar surface area (TPSA) is 40.0 Å². The number of hydrogen-bond donors (Lipinski definition) is 1. The van der Waals surface area contributed by atoms with Crippen LogP contribution in [0.3, 0.4) is 0 Å². The fourth-order valence-electron chi connectivity index (χ4n) is 4.41. The summed E-state index contributed by atoms with van der Waals surface area (Å²) in [5.41, 5.74) is 2.71. The third-order valence-corrected chi connectivity index (χ3v) is 7.03. The van der Waals surface area contributed by atoms with E-state index in [0.29, 0.717) is 35.4 Å². The van der Waals surface area contributed by atoms with E-state index in [2.05, 4.69) is 40.1 Å². The van der Waals surface area contributed by atoms with Gasteiger partial charge in [0.15, 0.2) is 0 Å². The van der Waals surface area contributed by atoms with Gasteiger partial charge >= 0.3 is 0 Å². The van der Waals surface area contributed by atoms with Crippen LogP contribution in [0.1, 0.15) is 50.2 Å². The molecule has 0 aliphatic carbocycles. The molecule has 1 fully saturated rings. The number of hydrogen-bond acceptors (Lipinski definition) is 4. The third kappa shape index (κ3) is 9.98. The van der Waals surface area contributed by atoms with Crippen LogP contribution in [0.5, 0.6) is 0 Å². The number of aryl methyl sites for hydroxylation is 1. The lowest BCUT2D eigenvalue weighted by molar-refractivity contribution is 0.167. The second kappa shape index (κ2) is 15.7. The van der Waals surface area contributed by atoms with Crippen LogP contribution in [0.25, 0.3) is 0 Å². The molecule has 1 aromatic carbocycles. The van der Waals surface area contributed by atoms with Crippen molar-refractivity contribution in [2.24, 2.45) is 21.8 Å². The molecule has 1 aliphatic rings. The average molecular weight is 519 g/mol. The number of benzene rings is 1. The van der Waals surface area contributed by atoms with E-state index in [9.17, 15) is 8.78 Å². The summed E-state index contributed by atoms with van der Waals surface area (Å²) in [5.74, 6) is 0.0159. The highest BCUT2D eigenvalue weighted by Gasteiger charge is 2.28. The molecule has 4 nitrogen and oxygen atoms in total. The van der Waals surface area contributed by atoms with Crippen LogP contribution in [0.4, 0.5) is 8.78 Å². The van der Waals surface area contributed by atoms with Crippen LogP contribution in [-0.4, -0.2) is 51.1 Å². The summed E-state index contributed by atoms with van der Waals surface area (Å²) in [6.07, 6.45) is 8.90. The van der Waals surface area contributed by atoms with Crippen molar-refractivity contribution in [2.45, 2.75) is 51.9 Å². The monoisotopic (exact) mass is 518 g/mol. The number of unbranched alkanes of at least 4 members (excludes halogenated alkanes) is 1. The van der Waals surface area contributed by atoms with E-state index in [0.717, 1.165) is 63.0 Å². The number of rotatable bonds is 17. The van der Waals surface area contributed by atoms with E-state index in [1.54, 1.807) is 6.21 Å². The Morgan fingerprint density at radius 3 is 2.50 bits per heavy atom. The predicted octanol–water partition coefficient (Wildman–Crippen LogP) is 6.71. The van der Waals surface area contributed by atoms with E-state index >= 15 is 0 Å². The third-order valence-electron chi connectivity index (χ3n) is 6.83. The molecule has 0 aromatic heterocycles. The van der Waals surface area contributed by atoms with Crippen LogP contribution >= 0.6 is 11.6 Å². The first-order chi connectivity index (χ1) is 17.2. The summed E-state index contributed by atoms with van der Waals surface area (Å²) in [6.45, 7) is 16.7. The van der Waals surface area contributed by atoms with Crippen LogP contribution in [0, 0.1) is 23.5 Å². The largest absolute Gasteiger partial charge is 0.374 e. The Labute approximate surface area is 220 Å². The zero-order valence-corrected chi connectivity index (χ0v) is 22.6. The molecule has 0 amide bonds. The Bertz CT molecular complexity index is 928. The van der Waals surface area contributed by atoms with E-state index in [-0.39, 0.29) is 12.0 Å². The summed E-state index contributed by atoms with van der Waals surface area (Å²) in [4.78, 5) is 10.1. The smallest absolute Gasteiger partial charge is 0.129 e. The van der Waals surface area contributed by atoms with Gasteiger partial charge in [0, 0.05) is 55.6 Å². The maximum Gasteiger partial charge on any atom is 0.129 e. The fraction of sp³-hybridized carbons (Fsp3) is 0.517. The molecule has 0 radical (unpaired) electrons. The van der Waals surface area contributed by atoms with E-state index in [1.807, 2.05) is 14.0 Å². The van der Waals surface area contributed by atoms with Gasteiger partial charge in [0.05, 0.1) is 5.03 Å². The molecule has 2 rings (SSSR count). The van der Waals surface area contributed by atoms with Gasteiger partial charge in [-0.05, 0) is 76.5 Å². The van der Waals surface area contributed by atoms with Crippen molar-refractivity contribution < 1.29 is 8.78 Å². The molecule has 1 N–H and O–H groups in total. The van der Waals surface area contributed by atoms with Gasteiger partial charge in [-0.2, -0.15) is 0 Å². The lowest BCUT2D eigenvalue weighted by Crippen LogP contribution is -2.46. The van der Waals surface area contributed by atoms with Crippen molar-refractivity contribution in [3.8, 4) is 0 Å². The highest BCUT2D eigenvalue weighted by molar-refractivity contribution is 6.39. The van der Waals surface area contributed by atoms with Crippen molar-refractivity contribution in [3.05, 3.63) is 70.6 Å². The lowest BCUT2D eigenvalue weighted by Gasteiger charge is -2.42. The summed E-state index contributed by atoms with van der Waals surface area (Å²) < 4.78 is 29.5. The van der Waals surface area contributed by atoms with Crippen LogP contribution in [0.2, 0.25) is 0 Å². The SMILES string of the molecule is C=N/C=C(/Cl)C=NCCC(CCCCc1cc(F)c(CC(=C)N2CC(C(=C)C)C2)c(F)c1)CCNC. The molecule has 1 atom stereocenters. The van der Waals surface area contributed by atoms with Gasteiger partial charge in [-0.1, -0.05) is 43.2 Å². The minimum atomic E-state index is -0.479. The zero-order chi connectivity index (χ0) is 26.5. The van der Waals surface area contributed by atoms with Gasteiger partial charge in [-0.15, -0.1) is 0 Å². The van der Waals surface area contributed by atoms with Crippen molar-refractivity contribution in [2.75, 3.05) is 33.2 Å². The Morgan fingerprint density at radius 1 is 1.19 bits per heavy atom. The molecular weight excluding hydrogens is 478 g/mol. The normalized spacial score (nSPS) is 15.2. The minimum Gasteiger partial charge on any atom is -0.374 e. The van der Waals surface area contributed by atoms with Gasteiger partial charge in [-0.25, -0.2) is 8.78 Å². The number of nitrogens with one attached hydrogen (secondary N) is 1. The number of aliphatic imine (C=N–C) groups is 2. The molecule has 0 saturated carbocycles. The van der Waals surface area contributed by atoms with Gasteiger partial charge in [0.2, 0.25) is 0 Å². The summed E-state index contributed by atoms with van der Waals surface area (Å²) >= 11 is 5.94. The highest BCUT2D eigenvalue weighted by atomic mass is 35.5. The van der Waals surface area contributed by atoms with Gasteiger partial charge in [0.25, 0.3) is 0 Å². The Balaban J connectivity index is 1.81. The minimum absolute atomic E-state index is 0.106. The molecule has 0 spiro atoms. The highest BCUT2D eigenvalue weighted by Crippen LogP contribution is 2.28. The maximum absolute atomic E-state index is 14.8. The second-order valence-corrected chi connectivity index (χ2v) is 10.2. The summed E-state index contributed by atoms with van der Waals surface area (Å²) in [5, 5.41) is 3.67. The van der Waals surface area contributed by atoms with Crippen molar-refractivity contribution in [1.82, 2.24) is 10.2 Å². The first kappa shape index (κ1) is 29.9. The van der Waals surface area contributed by atoms with E-state index in [4.69, 9.17) is 11.6 Å². The van der Waals surface area contributed by atoms with E-state index < -0.39 is 11.6 Å². The Kier molecular flexibility index (Phi) is 13.1. The number of nitrogens with zero attached hydrogens (tertiary/aromatic N) is 3. The molecule has 1 heterocycles. The number of allylic oxidation sites excluding steroid dienone is 2. The quantitative estimate of drug-likeness (QED) is 0.141. The molecule has 36 heavy (non-hydrogen) atoms. The molecule has 7 heteroatoms. The molecule has 1 aliphatic heterocycles. The van der Waals surface area contributed by atoms with Gasteiger partial charge in [0.1, 0.15) is 11.6 Å². The molecule has 1 unspecified atom stereocenters. The van der Waals surface area contributed by atoms with Crippen LogP contribution in [-0.2, 0) is 12.8 Å². The number of likely N-dealkylation sites (tertiary alicyclic amines) is 1. The van der Waals surface area contributed by atoms with Crippen molar-refractivity contribution in [1.29, 1.82) is 0 Å². The van der Waals surface area contributed by atoms with Gasteiger partial charge in [-0.3, -0.25) is 9.98 Å². The lowest BCUT2D eigenvalue weighted by atomic mass is 9.91. The average Bonchev–Trinajstić information content (AvgIpc) is 2.78. The second-order valence-electron chi connectivity index (χ2n) is 9.75. The molecule has 0 bridgehead atoms. The zero-order valence-electron chi connectivity index (χ0n) is 21.8.